The lowest BCUT2D eigenvalue weighted by Crippen LogP contribution is -2.39. The molecule has 2 aliphatic rings. The van der Waals surface area contributed by atoms with E-state index in [1.54, 1.807) is 0 Å². The highest BCUT2D eigenvalue weighted by Gasteiger charge is 2.41. The molecular weight excluding hydrogens is 463 g/mol. The number of nitriles is 1. The van der Waals surface area contributed by atoms with E-state index >= 15 is 0 Å². The first-order valence-electron chi connectivity index (χ1n) is 11.0. The predicted molar refractivity (Wildman–Crippen MR) is 108 cm³/mol. The summed E-state index contributed by atoms with van der Waals surface area (Å²) in [6, 6.07) is 4.22. The number of amides is 1. The van der Waals surface area contributed by atoms with E-state index in [0.717, 1.165) is 4.40 Å². The highest BCUT2D eigenvalue weighted by molar-refractivity contribution is 5.95. The van der Waals surface area contributed by atoms with E-state index in [0.29, 0.717) is 19.8 Å². The third kappa shape index (κ3) is 5.31. The Morgan fingerprint density at radius 1 is 1.26 bits per heavy atom. The molecule has 1 aliphatic heterocycles. The zero-order chi connectivity index (χ0) is 24.5. The van der Waals surface area contributed by atoms with Crippen molar-refractivity contribution in [2.75, 3.05) is 26.4 Å². The van der Waals surface area contributed by atoms with Crippen molar-refractivity contribution in [3.05, 3.63) is 34.8 Å². The van der Waals surface area contributed by atoms with E-state index in [2.05, 4.69) is 10.3 Å². The molecule has 1 aliphatic carbocycles. The van der Waals surface area contributed by atoms with Crippen molar-refractivity contribution in [3.8, 4) is 6.07 Å². The number of alkyl halides is 5. The van der Waals surface area contributed by atoms with Gasteiger partial charge in [-0.05, 0) is 37.3 Å². The highest BCUT2D eigenvalue weighted by Crippen LogP contribution is 2.40. The first kappa shape index (κ1) is 24.3. The van der Waals surface area contributed by atoms with Crippen LogP contribution in [0.4, 0.5) is 22.0 Å². The molecule has 1 saturated heterocycles. The van der Waals surface area contributed by atoms with Crippen molar-refractivity contribution in [2.24, 2.45) is 5.92 Å². The van der Waals surface area contributed by atoms with E-state index in [4.69, 9.17) is 9.47 Å². The summed E-state index contributed by atoms with van der Waals surface area (Å²) in [5, 5.41) is 12.3. The Hall–Kier alpha value is -2.78. The monoisotopic (exact) mass is 486 g/mol. The van der Waals surface area contributed by atoms with Gasteiger partial charge in [-0.25, -0.2) is 13.8 Å². The maximum atomic E-state index is 13.8. The molecule has 1 unspecified atom stereocenters. The summed E-state index contributed by atoms with van der Waals surface area (Å²) in [5.41, 5.74) is -1.85. The molecule has 2 aromatic rings. The maximum absolute atomic E-state index is 13.8. The van der Waals surface area contributed by atoms with Crippen molar-refractivity contribution in [3.63, 3.8) is 0 Å². The normalized spacial score (nSPS) is 21.4. The van der Waals surface area contributed by atoms with Crippen LogP contribution in [0, 0.1) is 17.2 Å². The van der Waals surface area contributed by atoms with Crippen LogP contribution in [0.2, 0.25) is 0 Å². The Labute approximate surface area is 191 Å². The van der Waals surface area contributed by atoms with Gasteiger partial charge in [0.1, 0.15) is 17.4 Å². The van der Waals surface area contributed by atoms with Crippen LogP contribution in [0.25, 0.3) is 5.65 Å². The van der Waals surface area contributed by atoms with Gasteiger partial charge in [0, 0.05) is 24.9 Å². The van der Waals surface area contributed by atoms with Crippen molar-refractivity contribution in [1.29, 1.82) is 5.26 Å². The van der Waals surface area contributed by atoms with E-state index in [1.807, 2.05) is 6.07 Å². The highest BCUT2D eigenvalue weighted by atomic mass is 19.4. The zero-order valence-electron chi connectivity index (χ0n) is 18.1. The van der Waals surface area contributed by atoms with E-state index < -0.39 is 29.6 Å². The van der Waals surface area contributed by atoms with Crippen molar-refractivity contribution in [2.45, 2.75) is 50.3 Å². The van der Waals surface area contributed by atoms with E-state index in [9.17, 15) is 32.0 Å². The molecule has 0 radical (unpaired) electrons. The molecule has 0 spiro atoms. The number of hydrogen-bond donors (Lipinski definition) is 1. The summed E-state index contributed by atoms with van der Waals surface area (Å²) >= 11 is 0. The third-order valence-electron chi connectivity index (χ3n) is 6.16. The molecular formula is C22H23F5N4O3. The fraction of sp³-hybridized carbons (Fsp3) is 0.591. The summed E-state index contributed by atoms with van der Waals surface area (Å²) in [6.45, 7) is 1.28. The van der Waals surface area contributed by atoms with Gasteiger partial charge >= 0.3 is 6.18 Å². The van der Waals surface area contributed by atoms with Crippen LogP contribution in [0.5, 0.6) is 0 Å². The second-order valence-electron chi connectivity index (χ2n) is 8.62. The first-order chi connectivity index (χ1) is 16.1. The second kappa shape index (κ2) is 9.46. The molecule has 7 nitrogen and oxygen atoms in total. The number of pyridine rings is 1. The Kier molecular flexibility index (Phi) is 6.78. The quantitative estimate of drug-likeness (QED) is 0.651. The fourth-order valence-electron chi connectivity index (χ4n) is 4.40. The van der Waals surface area contributed by atoms with Gasteiger partial charge in [-0.1, -0.05) is 0 Å². The largest absolute Gasteiger partial charge is 0.435 e. The number of fused-ring (bicyclic) bond motifs is 1. The number of rotatable bonds is 5. The maximum Gasteiger partial charge on any atom is 0.435 e. The molecule has 2 fully saturated rings. The molecule has 1 amide bonds. The average molecular weight is 486 g/mol. The Bertz CT molecular complexity index is 1090. The summed E-state index contributed by atoms with van der Waals surface area (Å²) in [4.78, 5) is 16.3. The smallest absolute Gasteiger partial charge is 0.376 e. The number of halogens is 5. The number of ether oxygens (including phenoxy) is 2. The minimum absolute atomic E-state index is 0.0247. The van der Waals surface area contributed by atoms with Crippen molar-refractivity contribution >= 4 is 11.6 Å². The van der Waals surface area contributed by atoms with Crippen LogP contribution < -0.4 is 5.32 Å². The average Bonchev–Trinajstić information content (AvgIpc) is 3.18. The van der Waals surface area contributed by atoms with Gasteiger partial charge in [0.2, 0.25) is 5.92 Å². The molecule has 34 heavy (non-hydrogen) atoms. The van der Waals surface area contributed by atoms with Crippen molar-refractivity contribution in [1.82, 2.24) is 14.7 Å². The topological polar surface area (TPSA) is 88.7 Å². The van der Waals surface area contributed by atoms with Crippen LogP contribution in [0.3, 0.4) is 0 Å². The van der Waals surface area contributed by atoms with Gasteiger partial charge in [0.05, 0.1) is 31.6 Å². The number of nitrogens with one attached hydrogen (secondary N) is 1. The predicted octanol–water partition coefficient (Wildman–Crippen LogP) is 3.74. The Morgan fingerprint density at radius 3 is 2.62 bits per heavy atom. The van der Waals surface area contributed by atoms with E-state index in [1.165, 1.54) is 12.1 Å². The van der Waals surface area contributed by atoms with Crippen molar-refractivity contribution < 1.29 is 36.2 Å². The number of hydrogen-bond acceptors (Lipinski definition) is 5. The van der Waals surface area contributed by atoms with Gasteiger partial charge < -0.3 is 14.8 Å². The number of carbonyl (C=O) groups excluding carboxylic acids is 1. The summed E-state index contributed by atoms with van der Waals surface area (Å²) in [6.07, 6.45) is -5.94. The second-order valence-corrected chi connectivity index (χ2v) is 8.62. The molecule has 3 heterocycles. The summed E-state index contributed by atoms with van der Waals surface area (Å²) in [5.74, 6) is -3.80. The summed E-state index contributed by atoms with van der Waals surface area (Å²) < 4.78 is 80.2. The van der Waals surface area contributed by atoms with Gasteiger partial charge in [0.25, 0.3) is 5.91 Å². The van der Waals surface area contributed by atoms with Gasteiger partial charge in [-0.2, -0.15) is 18.4 Å². The number of imidazole rings is 1. The van der Waals surface area contributed by atoms with Gasteiger partial charge in [0.15, 0.2) is 5.69 Å². The van der Waals surface area contributed by atoms with Gasteiger partial charge in [-0.15, -0.1) is 0 Å². The molecule has 1 saturated carbocycles. The van der Waals surface area contributed by atoms with Crippen LogP contribution in [0.15, 0.2) is 12.1 Å². The van der Waals surface area contributed by atoms with Gasteiger partial charge in [-0.3, -0.25) is 9.20 Å². The first-order valence-corrected chi connectivity index (χ1v) is 11.0. The standard InChI is InChI=1S/C22H23F5N4O3/c23-21(24)3-1-13(2-4-21)7-17-19(22(25,26)27)30-18-9-14(8-15(10-28)31(17)18)20(32)29-11-16-12-33-5-6-34-16/h8-9,13,16H,1-7,11-12H2,(H,29,32). The molecule has 0 aromatic carbocycles. The molecule has 4 rings (SSSR count). The van der Waals surface area contributed by atoms with Crippen LogP contribution in [0.1, 0.15) is 53.1 Å². The number of nitrogens with zero attached hydrogens (tertiary/aromatic N) is 3. The lowest BCUT2D eigenvalue weighted by Gasteiger charge is -2.28. The minimum atomic E-state index is -4.81. The zero-order valence-corrected chi connectivity index (χ0v) is 18.1. The number of carbonyl (C=O) groups is 1. The Morgan fingerprint density at radius 2 is 2.00 bits per heavy atom. The Balaban J connectivity index is 1.64. The molecule has 1 atom stereocenters. The fourth-order valence-corrected chi connectivity index (χ4v) is 4.40. The molecule has 1 N–H and O–H groups in total. The van der Waals surface area contributed by atoms with E-state index in [-0.39, 0.29) is 67.4 Å². The summed E-state index contributed by atoms with van der Waals surface area (Å²) in [7, 11) is 0. The van der Waals surface area contributed by atoms with Crippen LogP contribution in [-0.4, -0.2) is 53.7 Å². The lowest BCUT2D eigenvalue weighted by molar-refractivity contribution is -0.141. The lowest BCUT2D eigenvalue weighted by atomic mass is 9.83. The molecule has 0 bridgehead atoms. The molecule has 12 heteroatoms. The molecule has 2 aromatic heterocycles. The SMILES string of the molecule is N#Cc1cc(C(=O)NCC2COCCO2)cc2nc(C(F)(F)F)c(CC3CCC(F)(F)CC3)n12. The third-order valence-corrected chi connectivity index (χ3v) is 6.16. The van der Waals surface area contributed by atoms with Crippen LogP contribution in [-0.2, 0) is 22.1 Å². The minimum Gasteiger partial charge on any atom is -0.376 e. The number of aromatic nitrogens is 2. The van der Waals surface area contributed by atoms with Crippen LogP contribution >= 0.6 is 0 Å². The molecule has 184 valence electrons.